The molecule has 0 bridgehead atoms. The maximum absolute atomic E-state index is 12.0. The first kappa shape index (κ1) is 15.4. The monoisotopic (exact) mass is 318 g/mol. The molecule has 0 radical (unpaired) electrons. The Hall–Kier alpha value is -0.960. The van der Waals surface area contributed by atoms with E-state index < -0.39 is 15.9 Å². The molecule has 0 aliphatic carbocycles. The van der Waals surface area contributed by atoms with Gasteiger partial charge in [-0.05, 0) is 31.2 Å². The summed E-state index contributed by atoms with van der Waals surface area (Å²) in [6.07, 6.45) is 2.87. The van der Waals surface area contributed by atoms with E-state index in [9.17, 15) is 13.2 Å². The Kier molecular flexibility index (Phi) is 5.14. The fourth-order valence-electron chi connectivity index (χ4n) is 2.09. The molecule has 1 aliphatic rings. The van der Waals surface area contributed by atoms with Gasteiger partial charge in [0, 0.05) is 25.1 Å². The summed E-state index contributed by atoms with van der Waals surface area (Å²) in [5.41, 5.74) is 5.33. The van der Waals surface area contributed by atoms with Crippen LogP contribution in [0.3, 0.4) is 0 Å². The Bertz CT molecular complexity index is 562. The molecule has 1 saturated heterocycles. The van der Waals surface area contributed by atoms with Crippen LogP contribution >= 0.6 is 11.3 Å². The quantitative estimate of drug-likeness (QED) is 0.815. The van der Waals surface area contributed by atoms with Gasteiger partial charge in [0.1, 0.15) is 4.21 Å². The fourth-order valence-corrected chi connectivity index (χ4v) is 4.35. The lowest BCUT2D eigenvalue weighted by Gasteiger charge is -2.21. The van der Waals surface area contributed by atoms with Gasteiger partial charge in [-0.15, -0.1) is 11.3 Å². The highest BCUT2D eigenvalue weighted by molar-refractivity contribution is 7.91. The minimum atomic E-state index is -3.55. The average molecular weight is 318 g/mol. The van der Waals surface area contributed by atoms with E-state index in [4.69, 9.17) is 10.5 Å². The molecule has 1 amide bonds. The molecule has 1 atom stereocenters. The number of sulfonamides is 1. The van der Waals surface area contributed by atoms with Gasteiger partial charge in [-0.1, -0.05) is 0 Å². The molecule has 2 heterocycles. The average Bonchev–Trinajstić information content (AvgIpc) is 2.90. The molecular weight excluding hydrogens is 300 g/mol. The van der Waals surface area contributed by atoms with Gasteiger partial charge in [0.25, 0.3) is 0 Å². The maximum atomic E-state index is 12.0. The van der Waals surface area contributed by atoms with Crippen molar-refractivity contribution in [2.45, 2.75) is 23.5 Å². The first-order chi connectivity index (χ1) is 9.49. The molecular formula is C12H18N2O4S2. The van der Waals surface area contributed by atoms with E-state index >= 15 is 0 Å². The normalized spacial score (nSPS) is 19.9. The zero-order valence-corrected chi connectivity index (χ0v) is 12.6. The summed E-state index contributed by atoms with van der Waals surface area (Å²) in [6, 6.07) is 1.30. The predicted octanol–water partition coefficient (Wildman–Crippen LogP) is 0.942. The zero-order chi connectivity index (χ0) is 14.6. The largest absolute Gasteiger partial charge is 0.381 e. The number of amides is 1. The number of primary amides is 1. The number of nitrogens with one attached hydrogen (secondary N) is 1. The lowest BCUT2D eigenvalue weighted by atomic mass is 9.99. The van der Waals surface area contributed by atoms with E-state index in [0.29, 0.717) is 19.1 Å². The summed E-state index contributed by atoms with van der Waals surface area (Å²) < 4.78 is 32.1. The molecule has 0 spiro atoms. The van der Waals surface area contributed by atoms with Gasteiger partial charge in [-0.3, -0.25) is 4.79 Å². The second kappa shape index (κ2) is 6.66. The Balaban J connectivity index is 1.88. The minimum Gasteiger partial charge on any atom is -0.381 e. The van der Waals surface area contributed by atoms with Crippen molar-refractivity contribution in [3.8, 4) is 0 Å². The highest BCUT2D eigenvalue weighted by Gasteiger charge is 2.19. The molecule has 1 aromatic heterocycles. The van der Waals surface area contributed by atoms with Crippen LogP contribution in [0.4, 0.5) is 0 Å². The lowest BCUT2D eigenvalue weighted by Crippen LogP contribution is -2.27. The van der Waals surface area contributed by atoms with Gasteiger partial charge in [0.2, 0.25) is 15.9 Å². The summed E-state index contributed by atoms with van der Waals surface area (Å²) in [4.78, 5) is 11.0. The molecule has 1 aliphatic heterocycles. The summed E-state index contributed by atoms with van der Waals surface area (Å²) in [5, 5.41) is 1.45. The van der Waals surface area contributed by atoms with Gasteiger partial charge in [-0.25, -0.2) is 13.1 Å². The molecule has 3 N–H and O–H groups in total. The first-order valence-electron chi connectivity index (χ1n) is 6.45. The number of hydrogen-bond acceptors (Lipinski definition) is 5. The summed E-state index contributed by atoms with van der Waals surface area (Å²) >= 11 is 0.995. The number of rotatable bonds is 6. The summed E-state index contributed by atoms with van der Waals surface area (Å²) in [5.74, 6) is -0.210. The van der Waals surface area contributed by atoms with Crippen LogP contribution in [0.15, 0.2) is 15.7 Å². The van der Waals surface area contributed by atoms with Crippen LogP contribution in [0.5, 0.6) is 0 Å². The fraction of sp³-hybridized carbons (Fsp3) is 0.583. The van der Waals surface area contributed by atoms with Crippen molar-refractivity contribution >= 4 is 27.3 Å². The van der Waals surface area contributed by atoms with Crippen molar-refractivity contribution in [3.63, 3.8) is 0 Å². The third-order valence-electron chi connectivity index (χ3n) is 3.22. The van der Waals surface area contributed by atoms with E-state index in [1.165, 1.54) is 11.4 Å². The predicted molar refractivity (Wildman–Crippen MR) is 76.2 cm³/mol. The third kappa shape index (κ3) is 4.02. The molecule has 6 nitrogen and oxygen atoms in total. The minimum absolute atomic E-state index is 0.117. The Labute approximate surface area is 122 Å². The highest BCUT2D eigenvalue weighted by atomic mass is 32.2. The van der Waals surface area contributed by atoms with Crippen molar-refractivity contribution in [1.29, 1.82) is 0 Å². The van der Waals surface area contributed by atoms with E-state index in [0.717, 1.165) is 37.2 Å². The second-order valence-electron chi connectivity index (χ2n) is 4.79. The highest BCUT2D eigenvalue weighted by Crippen LogP contribution is 2.20. The Morgan fingerprint density at radius 1 is 1.55 bits per heavy atom. The van der Waals surface area contributed by atoms with Crippen molar-refractivity contribution in [2.75, 3.05) is 19.8 Å². The van der Waals surface area contributed by atoms with Gasteiger partial charge in [0.05, 0.1) is 5.56 Å². The number of carbonyl (C=O) groups excluding carboxylic acids is 1. The van der Waals surface area contributed by atoms with Crippen molar-refractivity contribution in [1.82, 2.24) is 4.72 Å². The van der Waals surface area contributed by atoms with Gasteiger partial charge in [-0.2, -0.15) is 0 Å². The molecule has 1 fully saturated rings. The molecule has 8 heteroatoms. The number of carbonyl (C=O) groups is 1. The lowest BCUT2D eigenvalue weighted by molar-refractivity contribution is 0.0523. The molecule has 2 rings (SSSR count). The Morgan fingerprint density at radius 3 is 2.95 bits per heavy atom. The van der Waals surface area contributed by atoms with Crippen LogP contribution < -0.4 is 10.5 Å². The van der Waals surface area contributed by atoms with Crippen LogP contribution in [0.1, 0.15) is 29.6 Å². The summed E-state index contributed by atoms with van der Waals surface area (Å²) in [6.45, 7) is 1.88. The smallest absolute Gasteiger partial charge is 0.250 e. The molecule has 0 saturated carbocycles. The van der Waals surface area contributed by atoms with Crippen LogP contribution in [-0.4, -0.2) is 34.1 Å². The van der Waals surface area contributed by atoms with E-state index in [1.54, 1.807) is 0 Å². The maximum Gasteiger partial charge on any atom is 0.250 e. The van der Waals surface area contributed by atoms with Crippen LogP contribution in [0.25, 0.3) is 0 Å². The molecule has 1 aromatic rings. The van der Waals surface area contributed by atoms with Crippen molar-refractivity contribution in [3.05, 3.63) is 17.0 Å². The van der Waals surface area contributed by atoms with Gasteiger partial charge >= 0.3 is 0 Å². The van der Waals surface area contributed by atoms with Crippen LogP contribution in [0, 0.1) is 5.92 Å². The molecule has 0 aromatic carbocycles. The number of hydrogen-bond donors (Lipinski definition) is 2. The van der Waals surface area contributed by atoms with E-state index in [2.05, 4.69) is 4.72 Å². The van der Waals surface area contributed by atoms with Gasteiger partial charge < -0.3 is 10.5 Å². The van der Waals surface area contributed by atoms with Gasteiger partial charge in [0.15, 0.2) is 0 Å². The number of ether oxygens (including phenoxy) is 1. The van der Waals surface area contributed by atoms with Crippen molar-refractivity contribution < 1.29 is 17.9 Å². The van der Waals surface area contributed by atoms with E-state index in [1.807, 2.05) is 0 Å². The molecule has 1 unspecified atom stereocenters. The molecule has 112 valence electrons. The van der Waals surface area contributed by atoms with Crippen LogP contribution in [-0.2, 0) is 14.8 Å². The zero-order valence-electron chi connectivity index (χ0n) is 11.0. The van der Waals surface area contributed by atoms with Crippen molar-refractivity contribution in [2.24, 2.45) is 11.7 Å². The summed E-state index contributed by atoms with van der Waals surface area (Å²) in [7, 11) is -3.55. The Morgan fingerprint density at radius 2 is 2.35 bits per heavy atom. The first-order valence-corrected chi connectivity index (χ1v) is 8.81. The standard InChI is InChI=1S/C12H18N2O4S2/c13-12(15)10-6-11(19-8-10)20(16,17)14-4-3-9-2-1-5-18-7-9/h6,8-9,14H,1-5,7H2,(H2,13,15). The third-order valence-corrected chi connectivity index (χ3v) is 6.12. The molecule has 20 heavy (non-hydrogen) atoms. The number of thiophene rings is 1. The SMILES string of the molecule is NC(=O)c1csc(S(=O)(=O)NCCC2CCCOC2)c1. The van der Waals surface area contributed by atoms with Crippen LogP contribution in [0.2, 0.25) is 0 Å². The number of nitrogens with two attached hydrogens (primary N) is 1. The topological polar surface area (TPSA) is 98.5 Å². The van der Waals surface area contributed by atoms with E-state index in [-0.39, 0.29) is 9.77 Å². The second-order valence-corrected chi connectivity index (χ2v) is 7.69.